The number of amides is 1. The number of fused-ring (bicyclic) bond motifs is 1. The Kier molecular flexibility index (Phi) is 3.48. The molecule has 0 saturated carbocycles. The Balaban J connectivity index is 1.80. The highest BCUT2D eigenvalue weighted by molar-refractivity contribution is 7.99. The molecule has 2 aromatic rings. The van der Waals surface area contributed by atoms with E-state index >= 15 is 0 Å². The van der Waals surface area contributed by atoms with Crippen molar-refractivity contribution in [2.75, 3.05) is 18.1 Å². The largest absolute Gasteiger partial charge is 0.387 e. The quantitative estimate of drug-likeness (QED) is 0.811. The van der Waals surface area contributed by atoms with E-state index in [9.17, 15) is 9.90 Å². The maximum atomic E-state index is 12.4. The molecule has 1 aliphatic heterocycles. The van der Waals surface area contributed by atoms with Gasteiger partial charge >= 0.3 is 0 Å². The third-order valence-corrected chi connectivity index (χ3v) is 5.02. The van der Waals surface area contributed by atoms with Crippen LogP contribution in [0.5, 0.6) is 0 Å². The lowest BCUT2D eigenvalue weighted by Gasteiger charge is -2.21. The number of thioether (sulfide) groups is 1. The zero-order chi connectivity index (χ0) is 14.2. The number of hydrogen-bond acceptors (Lipinski definition) is 3. The average Bonchev–Trinajstić information content (AvgIpc) is 2.99. The van der Waals surface area contributed by atoms with Crippen LogP contribution in [-0.4, -0.2) is 39.6 Å². The number of carbonyl (C=O) groups excluding carboxylic acids is 1. The van der Waals surface area contributed by atoms with Crippen LogP contribution in [0.25, 0.3) is 10.9 Å². The van der Waals surface area contributed by atoms with Gasteiger partial charge in [0.05, 0.1) is 11.2 Å². The smallest absolute Gasteiger partial charge is 0.253 e. The molecule has 1 aliphatic rings. The zero-order valence-electron chi connectivity index (χ0n) is 11.4. The SMILES string of the molecule is Cc1[nH]c2ccccc2c1C(=O)NCC1(O)CCSC1. The molecular formula is C15H18N2O2S. The molecule has 0 radical (unpaired) electrons. The maximum Gasteiger partial charge on any atom is 0.253 e. The van der Waals surface area contributed by atoms with Crippen molar-refractivity contribution in [2.24, 2.45) is 0 Å². The molecule has 20 heavy (non-hydrogen) atoms. The molecule has 3 rings (SSSR count). The molecule has 1 saturated heterocycles. The lowest BCUT2D eigenvalue weighted by atomic mass is 10.0. The number of benzene rings is 1. The van der Waals surface area contributed by atoms with Gasteiger partial charge in [-0.05, 0) is 25.2 Å². The number of hydrogen-bond donors (Lipinski definition) is 3. The van der Waals surface area contributed by atoms with Crippen molar-refractivity contribution < 1.29 is 9.90 Å². The van der Waals surface area contributed by atoms with Crippen LogP contribution in [0.2, 0.25) is 0 Å². The van der Waals surface area contributed by atoms with E-state index in [1.165, 1.54) is 0 Å². The number of para-hydroxylation sites is 1. The summed E-state index contributed by atoms with van der Waals surface area (Å²) >= 11 is 1.73. The van der Waals surface area contributed by atoms with E-state index in [0.717, 1.165) is 28.8 Å². The fourth-order valence-electron chi connectivity index (χ4n) is 2.64. The van der Waals surface area contributed by atoms with Crippen molar-refractivity contribution in [1.82, 2.24) is 10.3 Å². The van der Waals surface area contributed by atoms with E-state index in [1.807, 2.05) is 31.2 Å². The molecule has 5 heteroatoms. The summed E-state index contributed by atoms with van der Waals surface area (Å²) in [5, 5.41) is 14.1. The Morgan fingerprint density at radius 3 is 3.05 bits per heavy atom. The topological polar surface area (TPSA) is 65.1 Å². The second-order valence-electron chi connectivity index (χ2n) is 5.38. The van der Waals surface area contributed by atoms with Gasteiger partial charge in [-0.15, -0.1) is 0 Å². The van der Waals surface area contributed by atoms with Gasteiger partial charge in [-0.2, -0.15) is 11.8 Å². The van der Waals surface area contributed by atoms with E-state index in [-0.39, 0.29) is 5.91 Å². The monoisotopic (exact) mass is 290 g/mol. The lowest BCUT2D eigenvalue weighted by Crippen LogP contribution is -2.43. The number of nitrogens with one attached hydrogen (secondary N) is 2. The number of aliphatic hydroxyl groups is 1. The summed E-state index contributed by atoms with van der Waals surface area (Å²) in [7, 11) is 0. The van der Waals surface area contributed by atoms with Crippen LogP contribution in [0.4, 0.5) is 0 Å². The molecule has 1 aromatic heterocycles. The van der Waals surface area contributed by atoms with Gasteiger partial charge in [-0.3, -0.25) is 4.79 Å². The van der Waals surface area contributed by atoms with Gasteiger partial charge in [0.25, 0.3) is 5.91 Å². The molecule has 1 unspecified atom stereocenters. The second-order valence-corrected chi connectivity index (χ2v) is 6.49. The van der Waals surface area contributed by atoms with Gasteiger partial charge in [0, 0.05) is 28.9 Å². The van der Waals surface area contributed by atoms with Crippen molar-refractivity contribution in [2.45, 2.75) is 18.9 Å². The minimum absolute atomic E-state index is 0.120. The molecule has 1 fully saturated rings. The first-order valence-corrected chi connectivity index (χ1v) is 7.90. The number of aromatic amines is 1. The normalized spacial score (nSPS) is 22.3. The Bertz CT molecular complexity index is 644. The van der Waals surface area contributed by atoms with Crippen LogP contribution < -0.4 is 5.32 Å². The minimum Gasteiger partial charge on any atom is -0.387 e. The summed E-state index contributed by atoms with van der Waals surface area (Å²) in [6.07, 6.45) is 0.741. The molecular weight excluding hydrogens is 272 g/mol. The van der Waals surface area contributed by atoms with Crippen LogP contribution >= 0.6 is 11.8 Å². The lowest BCUT2D eigenvalue weighted by molar-refractivity contribution is 0.0613. The highest BCUT2D eigenvalue weighted by Gasteiger charge is 2.32. The Morgan fingerprint density at radius 1 is 1.50 bits per heavy atom. The molecule has 3 N–H and O–H groups in total. The summed E-state index contributed by atoms with van der Waals surface area (Å²) in [6.45, 7) is 2.22. The molecule has 1 aromatic carbocycles. The van der Waals surface area contributed by atoms with E-state index in [1.54, 1.807) is 11.8 Å². The third-order valence-electron chi connectivity index (χ3n) is 3.78. The Morgan fingerprint density at radius 2 is 2.30 bits per heavy atom. The summed E-state index contributed by atoms with van der Waals surface area (Å²) in [6, 6.07) is 7.76. The highest BCUT2D eigenvalue weighted by atomic mass is 32.2. The van der Waals surface area contributed by atoms with E-state index in [4.69, 9.17) is 0 Å². The van der Waals surface area contributed by atoms with Crippen molar-refractivity contribution in [3.8, 4) is 0 Å². The van der Waals surface area contributed by atoms with Crippen LogP contribution in [-0.2, 0) is 0 Å². The van der Waals surface area contributed by atoms with Crippen molar-refractivity contribution in [1.29, 1.82) is 0 Å². The molecule has 4 nitrogen and oxygen atoms in total. The predicted molar refractivity (Wildman–Crippen MR) is 82.3 cm³/mol. The molecule has 1 atom stereocenters. The number of H-pyrrole nitrogens is 1. The standard InChI is InChI=1S/C15H18N2O2S/c1-10-13(11-4-2-3-5-12(11)17-10)14(18)16-8-15(19)6-7-20-9-15/h2-5,17,19H,6-9H2,1H3,(H,16,18). The summed E-state index contributed by atoms with van der Waals surface area (Å²) in [4.78, 5) is 15.6. The number of aromatic nitrogens is 1. The predicted octanol–water partition coefficient (Wildman–Crippen LogP) is 2.07. The minimum atomic E-state index is -0.750. The van der Waals surface area contributed by atoms with Crippen LogP contribution in [0.1, 0.15) is 22.5 Å². The fourth-order valence-corrected chi connectivity index (χ4v) is 3.93. The number of aryl methyl sites for hydroxylation is 1. The van der Waals surface area contributed by atoms with Gasteiger partial charge in [0.1, 0.15) is 0 Å². The average molecular weight is 290 g/mol. The van der Waals surface area contributed by atoms with Crippen molar-refractivity contribution >= 4 is 28.6 Å². The Hall–Kier alpha value is -1.46. The van der Waals surface area contributed by atoms with Gasteiger partial charge in [0.15, 0.2) is 0 Å². The highest BCUT2D eigenvalue weighted by Crippen LogP contribution is 2.27. The van der Waals surface area contributed by atoms with Gasteiger partial charge < -0.3 is 15.4 Å². The molecule has 1 amide bonds. The van der Waals surface area contributed by atoms with Crippen LogP contribution in [0.3, 0.4) is 0 Å². The first kappa shape index (κ1) is 13.5. The molecule has 106 valence electrons. The van der Waals surface area contributed by atoms with E-state index in [0.29, 0.717) is 17.9 Å². The molecule has 0 aliphatic carbocycles. The molecule has 2 heterocycles. The van der Waals surface area contributed by atoms with E-state index in [2.05, 4.69) is 10.3 Å². The van der Waals surface area contributed by atoms with Crippen LogP contribution in [0, 0.1) is 6.92 Å². The van der Waals surface area contributed by atoms with E-state index < -0.39 is 5.60 Å². The van der Waals surface area contributed by atoms with Gasteiger partial charge in [0.2, 0.25) is 0 Å². The summed E-state index contributed by atoms with van der Waals surface area (Å²) in [5.74, 6) is 1.53. The summed E-state index contributed by atoms with van der Waals surface area (Å²) in [5.41, 5.74) is 1.75. The molecule has 0 bridgehead atoms. The van der Waals surface area contributed by atoms with Crippen molar-refractivity contribution in [3.63, 3.8) is 0 Å². The number of rotatable bonds is 3. The zero-order valence-corrected chi connectivity index (χ0v) is 12.2. The maximum absolute atomic E-state index is 12.4. The summed E-state index contributed by atoms with van der Waals surface area (Å²) < 4.78 is 0. The fraction of sp³-hybridized carbons (Fsp3) is 0.400. The van der Waals surface area contributed by atoms with Gasteiger partial charge in [-0.1, -0.05) is 18.2 Å². The number of carbonyl (C=O) groups is 1. The van der Waals surface area contributed by atoms with Crippen LogP contribution in [0.15, 0.2) is 24.3 Å². The second kappa shape index (κ2) is 5.14. The Labute approximate surface area is 121 Å². The first-order valence-electron chi connectivity index (χ1n) is 6.75. The van der Waals surface area contributed by atoms with Gasteiger partial charge in [-0.25, -0.2) is 0 Å². The first-order chi connectivity index (χ1) is 9.59. The van der Waals surface area contributed by atoms with Crippen molar-refractivity contribution in [3.05, 3.63) is 35.5 Å². The third kappa shape index (κ3) is 2.43. The molecule has 0 spiro atoms.